The summed E-state index contributed by atoms with van der Waals surface area (Å²) in [4.78, 5) is 0. The number of methoxy groups -OCH3 is 1. The van der Waals surface area contributed by atoms with Gasteiger partial charge in [-0.3, -0.25) is 0 Å². The van der Waals surface area contributed by atoms with E-state index in [4.69, 9.17) is 4.74 Å². The zero-order valence-electron chi connectivity index (χ0n) is 12.9. The monoisotopic (exact) mass is 276 g/mol. The van der Waals surface area contributed by atoms with Gasteiger partial charge < -0.3 is 14.9 Å². The van der Waals surface area contributed by atoms with Crippen LogP contribution in [-0.4, -0.2) is 22.9 Å². The van der Waals surface area contributed by atoms with Crippen LogP contribution in [0.25, 0.3) is 6.08 Å². The van der Waals surface area contributed by atoms with Crippen LogP contribution in [0.5, 0.6) is 5.75 Å². The Balaban J connectivity index is 2.63. The zero-order valence-corrected chi connectivity index (χ0v) is 12.9. The summed E-state index contributed by atoms with van der Waals surface area (Å²) in [5, 5.41) is 22.0. The lowest BCUT2D eigenvalue weighted by Gasteiger charge is -2.46. The minimum atomic E-state index is -1.34. The van der Waals surface area contributed by atoms with Gasteiger partial charge in [-0.25, -0.2) is 0 Å². The maximum absolute atomic E-state index is 11.0. The molecule has 2 N–H and O–H groups in total. The van der Waals surface area contributed by atoms with E-state index in [0.717, 1.165) is 23.3 Å². The summed E-state index contributed by atoms with van der Waals surface area (Å²) < 4.78 is 5.34. The average molecular weight is 276 g/mol. The van der Waals surface area contributed by atoms with Crippen LogP contribution in [0.15, 0.2) is 18.2 Å². The molecule has 0 heterocycles. The van der Waals surface area contributed by atoms with Crippen molar-refractivity contribution in [3.8, 4) is 5.75 Å². The predicted molar refractivity (Wildman–Crippen MR) is 80.7 cm³/mol. The van der Waals surface area contributed by atoms with Crippen LogP contribution in [0.3, 0.4) is 0 Å². The first kappa shape index (κ1) is 15.1. The molecule has 0 saturated carbocycles. The number of hydrogen-bond donors (Lipinski definition) is 2. The molecular weight excluding hydrogens is 252 g/mol. The van der Waals surface area contributed by atoms with Crippen LogP contribution in [0.2, 0.25) is 0 Å². The SMILES string of the molecule is CCC(C)C1(O)C=Cc2cc(C)c(OC)cc2C1(C)O. The van der Waals surface area contributed by atoms with Crippen molar-refractivity contribution in [1.82, 2.24) is 0 Å². The first-order chi connectivity index (χ1) is 9.27. The summed E-state index contributed by atoms with van der Waals surface area (Å²) in [6.45, 7) is 7.61. The van der Waals surface area contributed by atoms with Gasteiger partial charge in [0, 0.05) is 0 Å². The third-order valence-electron chi connectivity index (χ3n) is 4.75. The van der Waals surface area contributed by atoms with Crippen molar-refractivity contribution in [2.75, 3.05) is 7.11 Å². The third-order valence-corrected chi connectivity index (χ3v) is 4.75. The van der Waals surface area contributed by atoms with Crippen molar-refractivity contribution in [3.63, 3.8) is 0 Å². The second kappa shape index (κ2) is 4.90. The number of aliphatic hydroxyl groups is 2. The first-order valence-electron chi connectivity index (χ1n) is 7.11. The maximum Gasteiger partial charge on any atom is 0.122 e. The molecule has 0 saturated heterocycles. The summed E-state index contributed by atoms with van der Waals surface area (Å²) >= 11 is 0. The van der Waals surface area contributed by atoms with Gasteiger partial charge in [0.05, 0.1) is 7.11 Å². The molecule has 1 aliphatic carbocycles. The fourth-order valence-corrected chi connectivity index (χ4v) is 3.04. The third kappa shape index (κ3) is 1.97. The molecule has 2 rings (SSSR count). The highest BCUT2D eigenvalue weighted by atomic mass is 16.5. The van der Waals surface area contributed by atoms with Gasteiger partial charge in [0.15, 0.2) is 0 Å². The van der Waals surface area contributed by atoms with E-state index in [2.05, 4.69) is 0 Å². The highest BCUT2D eigenvalue weighted by Crippen LogP contribution is 2.46. The summed E-state index contributed by atoms with van der Waals surface area (Å²) in [7, 11) is 1.61. The lowest BCUT2D eigenvalue weighted by atomic mass is 9.67. The molecule has 1 aromatic carbocycles. The Bertz CT molecular complexity index is 545. The van der Waals surface area contributed by atoms with Crippen LogP contribution < -0.4 is 4.74 Å². The van der Waals surface area contributed by atoms with E-state index in [1.54, 1.807) is 20.1 Å². The molecule has 0 aliphatic heterocycles. The molecule has 0 aromatic heterocycles. The van der Waals surface area contributed by atoms with Crippen LogP contribution >= 0.6 is 0 Å². The highest BCUT2D eigenvalue weighted by Gasteiger charge is 2.51. The zero-order chi connectivity index (χ0) is 15.1. The summed E-state index contributed by atoms with van der Waals surface area (Å²) in [5.74, 6) is 0.681. The van der Waals surface area contributed by atoms with E-state index in [0.29, 0.717) is 5.56 Å². The van der Waals surface area contributed by atoms with Crippen molar-refractivity contribution in [3.05, 3.63) is 34.9 Å². The predicted octanol–water partition coefficient (Wildman–Crippen LogP) is 3.02. The van der Waals surface area contributed by atoms with Crippen molar-refractivity contribution in [2.24, 2.45) is 5.92 Å². The minimum Gasteiger partial charge on any atom is -0.496 e. The molecule has 3 unspecified atom stereocenters. The summed E-state index contributed by atoms with van der Waals surface area (Å²) in [6.07, 6.45) is 4.41. The molecule has 0 spiro atoms. The molecule has 0 amide bonds. The summed E-state index contributed by atoms with van der Waals surface area (Å²) in [5.41, 5.74) is 0.0508. The van der Waals surface area contributed by atoms with Crippen LogP contribution in [-0.2, 0) is 5.60 Å². The van der Waals surface area contributed by atoms with Gasteiger partial charge in [-0.05, 0) is 54.7 Å². The molecule has 1 aromatic rings. The first-order valence-corrected chi connectivity index (χ1v) is 7.11. The van der Waals surface area contributed by atoms with E-state index in [1.807, 2.05) is 39.0 Å². The second-order valence-electron chi connectivity index (χ2n) is 5.95. The molecule has 0 radical (unpaired) electrons. The fourth-order valence-electron chi connectivity index (χ4n) is 3.04. The number of ether oxygens (including phenoxy) is 1. The number of fused-ring (bicyclic) bond motifs is 1. The molecule has 0 bridgehead atoms. The van der Waals surface area contributed by atoms with E-state index in [-0.39, 0.29) is 5.92 Å². The number of hydrogen-bond acceptors (Lipinski definition) is 3. The maximum atomic E-state index is 11.0. The molecule has 3 atom stereocenters. The molecule has 20 heavy (non-hydrogen) atoms. The lowest BCUT2D eigenvalue weighted by molar-refractivity contribution is -0.146. The molecule has 0 fully saturated rings. The van der Waals surface area contributed by atoms with Gasteiger partial charge in [-0.15, -0.1) is 0 Å². The second-order valence-corrected chi connectivity index (χ2v) is 5.95. The molecule has 1 aliphatic rings. The number of rotatable bonds is 3. The molecule has 110 valence electrons. The topological polar surface area (TPSA) is 49.7 Å². The van der Waals surface area contributed by atoms with E-state index < -0.39 is 11.2 Å². The van der Waals surface area contributed by atoms with E-state index in [1.165, 1.54) is 0 Å². The Morgan fingerprint density at radius 1 is 1.30 bits per heavy atom. The molecule has 3 nitrogen and oxygen atoms in total. The van der Waals surface area contributed by atoms with Crippen LogP contribution in [0.4, 0.5) is 0 Å². The van der Waals surface area contributed by atoms with Gasteiger partial charge in [0.1, 0.15) is 17.0 Å². The normalized spacial score (nSPS) is 29.9. The van der Waals surface area contributed by atoms with Crippen molar-refractivity contribution in [2.45, 2.75) is 45.3 Å². The standard InChI is InChI=1S/C17H24O3/c1-6-12(3)17(19)8-7-13-9-11(2)15(20-5)10-14(13)16(17,4)18/h7-10,12,18-19H,6H2,1-5H3. The average Bonchev–Trinajstić information content (AvgIpc) is 2.42. The number of aryl methyl sites for hydroxylation is 1. The van der Waals surface area contributed by atoms with Gasteiger partial charge in [-0.1, -0.05) is 26.3 Å². The summed E-state index contributed by atoms with van der Waals surface area (Å²) in [6, 6.07) is 3.82. The van der Waals surface area contributed by atoms with E-state index in [9.17, 15) is 10.2 Å². The van der Waals surface area contributed by atoms with E-state index >= 15 is 0 Å². The smallest absolute Gasteiger partial charge is 0.122 e. The minimum absolute atomic E-state index is 0.0470. The molecule has 3 heteroatoms. The highest BCUT2D eigenvalue weighted by molar-refractivity contribution is 5.64. The van der Waals surface area contributed by atoms with Crippen molar-refractivity contribution >= 4 is 6.08 Å². The van der Waals surface area contributed by atoms with Crippen molar-refractivity contribution < 1.29 is 14.9 Å². The Kier molecular flexibility index (Phi) is 3.69. The van der Waals surface area contributed by atoms with Gasteiger partial charge >= 0.3 is 0 Å². The lowest BCUT2D eigenvalue weighted by Crippen LogP contribution is -2.54. The van der Waals surface area contributed by atoms with Crippen LogP contribution in [0.1, 0.15) is 43.9 Å². The quantitative estimate of drug-likeness (QED) is 0.892. The number of benzene rings is 1. The fraction of sp³-hybridized carbons (Fsp3) is 0.529. The van der Waals surface area contributed by atoms with Gasteiger partial charge in [0.25, 0.3) is 0 Å². The largest absolute Gasteiger partial charge is 0.496 e. The van der Waals surface area contributed by atoms with Gasteiger partial charge in [0.2, 0.25) is 0 Å². The Hall–Kier alpha value is -1.32. The van der Waals surface area contributed by atoms with Crippen molar-refractivity contribution in [1.29, 1.82) is 0 Å². The Labute approximate surface area is 120 Å². The van der Waals surface area contributed by atoms with Crippen LogP contribution in [0, 0.1) is 12.8 Å². The Morgan fingerprint density at radius 2 is 1.95 bits per heavy atom. The molecular formula is C17H24O3. The Morgan fingerprint density at radius 3 is 2.50 bits per heavy atom. The van der Waals surface area contributed by atoms with Gasteiger partial charge in [-0.2, -0.15) is 0 Å².